The molecule has 4 heterocycles. The van der Waals surface area contributed by atoms with Gasteiger partial charge in [-0.05, 0) is 24.1 Å². The summed E-state index contributed by atoms with van der Waals surface area (Å²) in [6.07, 6.45) is 0.205. The highest BCUT2D eigenvalue weighted by molar-refractivity contribution is 6.23. The van der Waals surface area contributed by atoms with Crippen LogP contribution in [0, 0.1) is 0 Å². The lowest BCUT2D eigenvalue weighted by atomic mass is 10.0. The molecule has 0 radical (unpaired) electrons. The summed E-state index contributed by atoms with van der Waals surface area (Å²) in [6, 6.07) is 4.62. The Kier molecular flexibility index (Phi) is 5.05. The molecule has 0 saturated carbocycles. The Balaban J connectivity index is 1.27. The minimum absolute atomic E-state index is 0.0824. The average Bonchev–Trinajstić information content (AvgIpc) is 3.37. The van der Waals surface area contributed by atoms with Crippen LogP contribution < -0.4 is 20.9 Å². The van der Waals surface area contributed by atoms with Crippen LogP contribution >= 0.6 is 0 Å². The number of amides is 4. The van der Waals surface area contributed by atoms with Gasteiger partial charge in [-0.1, -0.05) is 16.3 Å². The summed E-state index contributed by atoms with van der Waals surface area (Å²) in [4.78, 5) is 52.2. The zero-order chi connectivity index (χ0) is 22.2. The first-order valence-electron chi connectivity index (χ1n) is 10.4. The van der Waals surface area contributed by atoms with Crippen molar-refractivity contribution >= 4 is 35.7 Å². The summed E-state index contributed by atoms with van der Waals surface area (Å²) < 4.78 is 5.66. The van der Waals surface area contributed by atoms with Crippen LogP contribution in [0.2, 0.25) is 0 Å². The van der Waals surface area contributed by atoms with E-state index in [9.17, 15) is 19.2 Å². The highest BCUT2D eigenvalue weighted by Gasteiger charge is 2.44. The molecule has 4 amide bonds. The average molecular weight is 439 g/mol. The second kappa shape index (κ2) is 8.04. The summed E-state index contributed by atoms with van der Waals surface area (Å²) in [5, 5.41) is 16.5. The number of nitrogens with zero attached hydrogens (tertiary/aromatic N) is 4. The minimum atomic E-state index is -0.983. The molecule has 166 valence electrons. The van der Waals surface area contributed by atoms with Crippen LogP contribution in [-0.4, -0.2) is 70.9 Å². The number of piperazine rings is 1. The Morgan fingerprint density at radius 3 is 2.62 bits per heavy atom. The second-order valence-corrected chi connectivity index (χ2v) is 7.81. The Morgan fingerprint density at radius 2 is 1.84 bits per heavy atom. The zero-order valence-electron chi connectivity index (χ0n) is 17.1. The highest BCUT2D eigenvalue weighted by atomic mass is 16.4. The van der Waals surface area contributed by atoms with Crippen molar-refractivity contribution in [3.05, 3.63) is 34.9 Å². The molecule has 2 aromatic rings. The molecule has 12 nitrogen and oxygen atoms in total. The number of imide groups is 2. The van der Waals surface area contributed by atoms with Gasteiger partial charge in [0.25, 0.3) is 11.8 Å². The largest absolute Gasteiger partial charge is 0.389 e. The van der Waals surface area contributed by atoms with E-state index in [-0.39, 0.29) is 30.0 Å². The maximum atomic E-state index is 12.9. The van der Waals surface area contributed by atoms with E-state index in [2.05, 4.69) is 26.1 Å². The van der Waals surface area contributed by atoms with Gasteiger partial charge < -0.3 is 20.0 Å². The number of carbonyl (C=O) groups is 4. The summed E-state index contributed by atoms with van der Waals surface area (Å²) in [7, 11) is 0. The third kappa shape index (κ3) is 3.58. The highest BCUT2D eigenvalue weighted by Crippen LogP contribution is 2.28. The number of hydrogen-bond acceptors (Lipinski definition) is 10. The number of aromatic nitrogens is 2. The summed E-state index contributed by atoms with van der Waals surface area (Å²) in [5.41, 5.74) is 1.20. The standard InChI is InChI=1S/C20H21N7O5/c28-15-4-3-14(16(29)23-15)27-17(30)12-2-1-11(9-13(12)18(27)31)10-22-19-24-25-20(32-19)26-7-5-21-6-8-26/h1-2,9,14,21H,3-8,10H2,(H,22,24)(H,23,28,29). The van der Waals surface area contributed by atoms with Crippen LogP contribution in [0.4, 0.5) is 12.0 Å². The molecule has 3 N–H and O–H groups in total. The monoisotopic (exact) mass is 439 g/mol. The molecule has 1 aromatic carbocycles. The fourth-order valence-electron chi connectivity index (χ4n) is 4.08. The first kappa shape index (κ1) is 20.1. The van der Waals surface area contributed by atoms with E-state index in [1.807, 2.05) is 4.90 Å². The molecule has 5 rings (SSSR count). The quantitative estimate of drug-likeness (QED) is 0.520. The van der Waals surface area contributed by atoms with Gasteiger partial charge in [-0.25, -0.2) is 0 Å². The summed E-state index contributed by atoms with van der Waals surface area (Å²) >= 11 is 0. The SMILES string of the molecule is O=C1CCC(N2C(=O)c3ccc(CNc4nnc(N5CCNCC5)o4)cc3C2=O)C(=O)N1. The number of fused-ring (bicyclic) bond motifs is 1. The van der Waals surface area contributed by atoms with E-state index >= 15 is 0 Å². The van der Waals surface area contributed by atoms with Crippen molar-refractivity contribution in [2.45, 2.75) is 25.4 Å². The Morgan fingerprint density at radius 1 is 1.06 bits per heavy atom. The van der Waals surface area contributed by atoms with Gasteiger partial charge in [0, 0.05) is 39.1 Å². The summed E-state index contributed by atoms with van der Waals surface area (Å²) in [5.74, 6) is -2.11. The topological polar surface area (TPSA) is 150 Å². The molecule has 1 unspecified atom stereocenters. The van der Waals surface area contributed by atoms with Crippen molar-refractivity contribution < 1.29 is 23.6 Å². The van der Waals surface area contributed by atoms with Gasteiger partial charge >= 0.3 is 12.0 Å². The number of anilines is 2. The zero-order valence-corrected chi connectivity index (χ0v) is 17.1. The number of benzene rings is 1. The lowest BCUT2D eigenvalue weighted by molar-refractivity contribution is -0.136. The van der Waals surface area contributed by atoms with Crippen molar-refractivity contribution in [3.63, 3.8) is 0 Å². The Hall–Kier alpha value is -3.80. The summed E-state index contributed by atoms with van der Waals surface area (Å²) in [6.45, 7) is 3.57. The van der Waals surface area contributed by atoms with Gasteiger partial charge in [0.2, 0.25) is 11.8 Å². The molecular weight excluding hydrogens is 418 g/mol. The fourth-order valence-corrected chi connectivity index (χ4v) is 4.08. The van der Waals surface area contributed by atoms with E-state index in [1.165, 1.54) is 0 Å². The molecule has 0 bridgehead atoms. The Bertz CT molecular complexity index is 1110. The number of rotatable bonds is 5. The van der Waals surface area contributed by atoms with Crippen LogP contribution in [0.15, 0.2) is 22.6 Å². The molecule has 0 aliphatic carbocycles. The van der Waals surface area contributed by atoms with E-state index < -0.39 is 29.7 Å². The first-order valence-corrected chi connectivity index (χ1v) is 10.4. The van der Waals surface area contributed by atoms with E-state index in [1.54, 1.807) is 18.2 Å². The van der Waals surface area contributed by atoms with Gasteiger partial charge in [-0.15, -0.1) is 0 Å². The molecule has 0 spiro atoms. The third-order valence-corrected chi connectivity index (χ3v) is 5.75. The predicted molar refractivity (Wildman–Crippen MR) is 110 cm³/mol. The van der Waals surface area contributed by atoms with Crippen LogP contribution in [0.25, 0.3) is 0 Å². The molecule has 2 saturated heterocycles. The van der Waals surface area contributed by atoms with Gasteiger partial charge in [0.05, 0.1) is 11.1 Å². The van der Waals surface area contributed by atoms with Crippen LogP contribution in [0.3, 0.4) is 0 Å². The van der Waals surface area contributed by atoms with Gasteiger partial charge in [-0.3, -0.25) is 29.4 Å². The molecule has 2 fully saturated rings. The van der Waals surface area contributed by atoms with Crippen molar-refractivity contribution in [1.29, 1.82) is 0 Å². The third-order valence-electron chi connectivity index (χ3n) is 5.75. The molecule has 12 heteroatoms. The van der Waals surface area contributed by atoms with E-state index in [4.69, 9.17) is 4.42 Å². The first-order chi connectivity index (χ1) is 15.5. The van der Waals surface area contributed by atoms with Gasteiger partial charge in [0.1, 0.15) is 6.04 Å². The Labute approximate surface area is 182 Å². The van der Waals surface area contributed by atoms with Crippen molar-refractivity contribution in [3.8, 4) is 0 Å². The van der Waals surface area contributed by atoms with Crippen molar-refractivity contribution in [2.24, 2.45) is 0 Å². The van der Waals surface area contributed by atoms with E-state index in [0.717, 1.165) is 36.6 Å². The normalized spacial score (nSPS) is 21.1. The predicted octanol–water partition coefficient (Wildman–Crippen LogP) is -0.507. The number of hydrogen-bond donors (Lipinski definition) is 3. The number of carbonyl (C=O) groups excluding carboxylic acids is 4. The fraction of sp³-hybridized carbons (Fsp3) is 0.400. The maximum absolute atomic E-state index is 12.9. The number of nitrogens with one attached hydrogen (secondary N) is 3. The van der Waals surface area contributed by atoms with Gasteiger partial charge in [0.15, 0.2) is 0 Å². The second-order valence-electron chi connectivity index (χ2n) is 7.81. The molecule has 3 aliphatic rings. The smallest absolute Gasteiger partial charge is 0.319 e. The maximum Gasteiger partial charge on any atom is 0.319 e. The minimum Gasteiger partial charge on any atom is -0.389 e. The molecule has 32 heavy (non-hydrogen) atoms. The van der Waals surface area contributed by atoms with Gasteiger partial charge in [-0.2, -0.15) is 0 Å². The van der Waals surface area contributed by atoms with Crippen LogP contribution in [-0.2, 0) is 16.1 Å². The lowest BCUT2D eigenvalue weighted by Crippen LogP contribution is -2.54. The number of piperidine rings is 1. The molecule has 3 aliphatic heterocycles. The van der Waals surface area contributed by atoms with Crippen LogP contribution in [0.1, 0.15) is 39.1 Å². The molecule has 1 aromatic heterocycles. The van der Waals surface area contributed by atoms with E-state index in [0.29, 0.717) is 12.6 Å². The van der Waals surface area contributed by atoms with Crippen molar-refractivity contribution in [2.75, 3.05) is 36.4 Å². The van der Waals surface area contributed by atoms with Crippen LogP contribution in [0.5, 0.6) is 0 Å². The molecular formula is C20H21N7O5. The van der Waals surface area contributed by atoms with Crippen molar-refractivity contribution in [1.82, 2.24) is 25.7 Å². The molecule has 1 atom stereocenters. The lowest BCUT2D eigenvalue weighted by Gasteiger charge is -2.27.